The molecule has 0 saturated carbocycles. The molecule has 3 heterocycles. The predicted molar refractivity (Wildman–Crippen MR) is 133 cm³/mol. The number of thiophene rings is 1. The SMILES string of the molecule is COc1ccccc1N1CCN(C(=O)Cn2c(=O)n(-c3ccccc3F)c(=O)c3sccc32)CC1. The van der Waals surface area contributed by atoms with Crippen molar-refractivity contribution in [3.8, 4) is 11.4 Å². The van der Waals surface area contributed by atoms with Crippen LogP contribution in [0, 0.1) is 5.82 Å². The lowest BCUT2D eigenvalue weighted by Gasteiger charge is -2.36. The van der Waals surface area contributed by atoms with Crippen LogP contribution in [0.25, 0.3) is 15.9 Å². The summed E-state index contributed by atoms with van der Waals surface area (Å²) in [5.41, 5.74) is -0.135. The van der Waals surface area contributed by atoms with Crippen molar-refractivity contribution in [3.05, 3.63) is 86.6 Å². The molecule has 2 aromatic heterocycles. The van der Waals surface area contributed by atoms with E-state index < -0.39 is 17.1 Å². The third kappa shape index (κ3) is 4.10. The van der Waals surface area contributed by atoms with E-state index in [4.69, 9.17) is 4.74 Å². The first kappa shape index (κ1) is 22.9. The maximum Gasteiger partial charge on any atom is 0.336 e. The van der Waals surface area contributed by atoms with E-state index in [1.165, 1.54) is 22.8 Å². The van der Waals surface area contributed by atoms with Crippen LogP contribution in [0.3, 0.4) is 0 Å². The van der Waals surface area contributed by atoms with E-state index in [9.17, 15) is 18.8 Å². The first-order valence-electron chi connectivity index (χ1n) is 11.1. The van der Waals surface area contributed by atoms with Crippen LogP contribution < -0.4 is 20.9 Å². The van der Waals surface area contributed by atoms with Gasteiger partial charge in [-0.15, -0.1) is 11.3 Å². The van der Waals surface area contributed by atoms with Gasteiger partial charge in [0.05, 0.1) is 24.0 Å². The van der Waals surface area contributed by atoms with Gasteiger partial charge in [0.2, 0.25) is 5.91 Å². The minimum absolute atomic E-state index is 0.135. The van der Waals surface area contributed by atoms with E-state index in [1.807, 2.05) is 24.3 Å². The summed E-state index contributed by atoms with van der Waals surface area (Å²) in [4.78, 5) is 43.4. The number of carbonyl (C=O) groups is 1. The fourth-order valence-corrected chi connectivity index (χ4v) is 5.23. The smallest absolute Gasteiger partial charge is 0.336 e. The lowest BCUT2D eigenvalue weighted by molar-refractivity contribution is -0.132. The molecule has 0 bridgehead atoms. The molecule has 180 valence electrons. The molecule has 1 aliphatic rings. The van der Waals surface area contributed by atoms with Gasteiger partial charge >= 0.3 is 5.69 Å². The number of hydrogen-bond donors (Lipinski definition) is 0. The summed E-state index contributed by atoms with van der Waals surface area (Å²) in [6.07, 6.45) is 0. The molecule has 0 radical (unpaired) electrons. The Hall–Kier alpha value is -3.92. The molecule has 1 aliphatic heterocycles. The second kappa shape index (κ2) is 9.38. The summed E-state index contributed by atoms with van der Waals surface area (Å²) in [5, 5.41) is 1.68. The quantitative estimate of drug-likeness (QED) is 0.427. The lowest BCUT2D eigenvalue weighted by Crippen LogP contribution is -2.50. The number of rotatable bonds is 5. The fraction of sp³-hybridized carbons (Fsp3) is 0.240. The van der Waals surface area contributed by atoms with E-state index in [-0.39, 0.29) is 18.1 Å². The highest BCUT2D eigenvalue weighted by Gasteiger charge is 2.25. The van der Waals surface area contributed by atoms with Crippen LogP contribution in [0.15, 0.2) is 69.6 Å². The van der Waals surface area contributed by atoms with Crippen molar-refractivity contribution < 1.29 is 13.9 Å². The van der Waals surface area contributed by atoms with E-state index in [0.29, 0.717) is 36.4 Å². The molecule has 5 rings (SSSR count). The number of hydrogen-bond acceptors (Lipinski definition) is 6. The van der Waals surface area contributed by atoms with E-state index in [0.717, 1.165) is 27.3 Å². The summed E-state index contributed by atoms with van der Waals surface area (Å²) in [6, 6.07) is 15.0. The van der Waals surface area contributed by atoms with Crippen LogP contribution in [0.2, 0.25) is 0 Å². The zero-order valence-corrected chi connectivity index (χ0v) is 19.8. The van der Waals surface area contributed by atoms with Crippen molar-refractivity contribution in [1.29, 1.82) is 0 Å². The highest BCUT2D eigenvalue weighted by molar-refractivity contribution is 7.17. The molecular weight excluding hydrogens is 471 g/mol. The van der Waals surface area contributed by atoms with Crippen molar-refractivity contribution in [2.75, 3.05) is 38.2 Å². The van der Waals surface area contributed by atoms with Crippen molar-refractivity contribution >= 4 is 33.1 Å². The normalized spacial score (nSPS) is 13.9. The van der Waals surface area contributed by atoms with Gasteiger partial charge in [-0.2, -0.15) is 0 Å². The van der Waals surface area contributed by atoms with Gasteiger partial charge in [-0.05, 0) is 35.7 Å². The van der Waals surface area contributed by atoms with E-state index in [1.54, 1.807) is 29.5 Å². The minimum atomic E-state index is -0.744. The number of para-hydroxylation sites is 3. The minimum Gasteiger partial charge on any atom is -0.495 e. The summed E-state index contributed by atoms with van der Waals surface area (Å²) in [7, 11) is 1.63. The average Bonchev–Trinajstić information content (AvgIpc) is 3.38. The Kier molecular flexibility index (Phi) is 6.12. The van der Waals surface area contributed by atoms with Gasteiger partial charge in [0.15, 0.2) is 0 Å². The molecule has 0 spiro atoms. The largest absolute Gasteiger partial charge is 0.495 e. The number of anilines is 1. The number of carbonyl (C=O) groups excluding carboxylic acids is 1. The van der Waals surface area contributed by atoms with Gasteiger partial charge in [0, 0.05) is 26.2 Å². The Morgan fingerprint density at radius 3 is 2.37 bits per heavy atom. The highest BCUT2D eigenvalue weighted by Crippen LogP contribution is 2.28. The number of aromatic nitrogens is 2. The predicted octanol–water partition coefficient (Wildman–Crippen LogP) is 2.71. The molecule has 2 aromatic carbocycles. The Morgan fingerprint density at radius 2 is 1.66 bits per heavy atom. The number of fused-ring (bicyclic) bond motifs is 1. The molecule has 0 unspecified atom stereocenters. The highest BCUT2D eigenvalue weighted by atomic mass is 32.1. The fourth-order valence-electron chi connectivity index (χ4n) is 4.41. The van der Waals surface area contributed by atoms with Crippen LogP contribution in [0.4, 0.5) is 10.1 Å². The zero-order valence-electron chi connectivity index (χ0n) is 19.0. The Bertz CT molecular complexity index is 1520. The van der Waals surface area contributed by atoms with Crippen LogP contribution in [0.5, 0.6) is 5.75 Å². The van der Waals surface area contributed by atoms with Crippen LogP contribution in [0.1, 0.15) is 0 Å². The molecule has 0 aliphatic carbocycles. The lowest BCUT2D eigenvalue weighted by atomic mass is 10.2. The summed E-state index contributed by atoms with van der Waals surface area (Å²) in [5.74, 6) is -0.153. The van der Waals surface area contributed by atoms with Crippen molar-refractivity contribution in [1.82, 2.24) is 14.0 Å². The summed E-state index contributed by atoms with van der Waals surface area (Å²) < 4.78 is 22.3. The second-order valence-corrected chi connectivity index (χ2v) is 9.05. The van der Waals surface area contributed by atoms with Crippen molar-refractivity contribution in [2.24, 2.45) is 0 Å². The number of piperazine rings is 1. The van der Waals surface area contributed by atoms with Crippen LogP contribution in [-0.4, -0.2) is 53.2 Å². The van der Waals surface area contributed by atoms with Gasteiger partial charge < -0.3 is 14.5 Å². The number of ether oxygens (including phenoxy) is 1. The molecule has 35 heavy (non-hydrogen) atoms. The van der Waals surface area contributed by atoms with Crippen LogP contribution >= 0.6 is 11.3 Å². The zero-order chi connectivity index (χ0) is 24.5. The van der Waals surface area contributed by atoms with Gasteiger partial charge in [-0.3, -0.25) is 14.2 Å². The molecule has 4 aromatic rings. The first-order valence-corrected chi connectivity index (χ1v) is 12.0. The topological polar surface area (TPSA) is 76.8 Å². The Morgan fingerprint density at radius 1 is 0.971 bits per heavy atom. The molecule has 1 fully saturated rings. The van der Waals surface area contributed by atoms with Gasteiger partial charge in [0.1, 0.15) is 22.8 Å². The number of halogens is 1. The molecule has 1 saturated heterocycles. The number of nitrogens with zero attached hydrogens (tertiary/aromatic N) is 4. The summed E-state index contributed by atoms with van der Waals surface area (Å²) in [6.45, 7) is 1.94. The maximum absolute atomic E-state index is 14.5. The molecular formula is C25H23FN4O4S. The molecule has 0 N–H and O–H groups in total. The maximum atomic E-state index is 14.5. The molecule has 8 nitrogen and oxygen atoms in total. The Balaban J connectivity index is 1.42. The van der Waals surface area contributed by atoms with E-state index >= 15 is 0 Å². The van der Waals surface area contributed by atoms with E-state index in [2.05, 4.69) is 4.90 Å². The number of methoxy groups -OCH3 is 1. The Labute approximate surface area is 204 Å². The average molecular weight is 495 g/mol. The van der Waals surface area contributed by atoms with Crippen molar-refractivity contribution in [3.63, 3.8) is 0 Å². The van der Waals surface area contributed by atoms with Gasteiger partial charge in [0.25, 0.3) is 5.56 Å². The monoisotopic (exact) mass is 494 g/mol. The first-order chi connectivity index (χ1) is 17.0. The number of amides is 1. The molecule has 0 atom stereocenters. The van der Waals surface area contributed by atoms with Gasteiger partial charge in [-0.25, -0.2) is 13.8 Å². The molecule has 1 amide bonds. The summed E-state index contributed by atoms with van der Waals surface area (Å²) >= 11 is 1.16. The van der Waals surface area contributed by atoms with Gasteiger partial charge in [-0.1, -0.05) is 24.3 Å². The second-order valence-electron chi connectivity index (χ2n) is 8.14. The third-order valence-corrected chi connectivity index (χ3v) is 7.09. The van der Waals surface area contributed by atoms with Crippen LogP contribution in [-0.2, 0) is 11.3 Å². The standard InChI is InChI=1S/C25H23FN4O4S/c1-34-21-9-5-4-8-19(21)27-11-13-28(14-12-27)22(31)16-29-20-10-15-35-23(20)24(32)30(25(29)33)18-7-3-2-6-17(18)26/h2-10,15H,11-14,16H2,1H3. The van der Waals surface area contributed by atoms with Crippen molar-refractivity contribution in [2.45, 2.75) is 6.54 Å². The third-order valence-electron chi connectivity index (χ3n) is 6.20. The molecule has 10 heteroatoms. The number of benzene rings is 2.